The minimum Gasteiger partial charge on any atom is -0.314 e. The number of nitrogens with zero attached hydrogens (tertiary/aromatic N) is 1. The Balaban J connectivity index is 3.46. The van der Waals surface area contributed by atoms with Gasteiger partial charge in [0.1, 0.15) is 0 Å². The lowest BCUT2D eigenvalue weighted by molar-refractivity contribution is -0.872. The van der Waals surface area contributed by atoms with Gasteiger partial charge in [0.2, 0.25) is 5.91 Å². The van der Waals surface area contributed by atoms with E-state index in [2.05, 4.69) is 5.32 Å². The van der Waals surface area contributed by atoms with Crippen LogP contribution in [0.4, 0.5) is 4.39 Å². The second-order valence-corrected chi connectivity index (χ2v) is 3.49. The van der Waals surface area contributed by atoms with Crippen molar-refractivity contribution in [2.75, 3.05) is 34.5 Å². The molecule has 0 aromatic carbocycles. The van der Waals surface area contributed by atoms with Crippen molar-refractivity contribution in [2.24, 2.45) is 0 Å². The van der Waals surface area contributed by atoms with Crippen LogP contribution in [-0.4, -0.2) is 44.9 Å². The summed E-state index contributed by atoms with van der Waals surface area (Å²) in [5, 5.41) is 2.62. The first-order valence-electron chi connectivity index (χ1n) is 3.59. The van der Waals surface area contributed by atoms with Gasteiger partial charge in [0.25, 0.3) is 0 Å². The van der Waals surface area contributed by atoms with Crippen molar-refractivity contribution in [1.82, 2.24) is 5.32 Å². The molecule has 0 saturated heterocycles. The zero-order chi connectivity index (χ0) is 8.91. The third kappa shape index (κ3) is 7.25. The molecule has 0 atom stereocenters. The summed E-state index contributed by atoms with van der Waals surface area (Å²) in [4.78, 5) is 10.7. The summed E-state index contributed by atoms with van der Waals surface area (Å²) in [5.41, 5.74) is 0. The van der Waals surface area contributed by atoms with Crippen LogP contribution in [0.1, 0.15) is 6.42 Å². The predicted molar refractivity (Wildman–Crippen MR) is 41.6 cm³/mol. The molecule has 0 unspecified atom stereocenters. The van der Waals surface area contributed by atoms with Crippen LogP contribution in [0.15, 0.2) is 0 Å². The van der Waals surface area contributed by atoms with Crippen LogP contribution in [-0.2, 0) is 4.79 Å². The van der Waals surface area contributed by atoms with Gasteiger partial charge in [-0.15, -0.1) is 0 Å². The van der Waals surface area contributed by atoms with E-state index in [4.69, 9.17) is 0 Å². The molecule has 0 heterocycles. The quantitative estimate of drug-likeness (QED) is 0.463. The van der Waals surface area contributed by atoms with E-state index >= 15 is 0 Å². The molecule has 11 heavy (non-hydrogen) atoms. The molecule has 0 aliphatic heterocycles. The van der Waals surface area contributed by atoms with Crippen LogP contribution >= 0.6 is 0 Å². The van der Waals surface area contributed by atoms with Crippen LogP contribution in [0.25, 0.3) is 0 Å². The number of hydrogen-bond donors (Lipinski definition) is 1. The number of hydrogen-bond acceptors (Lipinski definition) is 1. The third-order valence-electron chi connectivity index (χ3n) is 1.07. The van der Waals surface area contributed by atoms with Crippen molar-refractivity contribution in [3.63, 3.8) is 0 Å². The van der Waals surface area contributed by atoms with Gasteiger partial charge in [-0.25, -0.2) is 0 Å². The highest BCUT2D eigenvalue weighted by Gasteiger charge is 2.08. The van der Waals surface area contributed by atoms with Gasteiger partial charge >= 0.3 is 0 Å². The first kappa shape index (κ1) is 10.4. The maximum atomic E-state index is 11.6. The highest BCUT2D eigenvalue weighted by atomic mass is 19.1. The van der Waals surface area contributed by atoms with Gasteiger partial charge in [0, 0.05) is 0 Å². The number of halogens is 1. The standard InChI is InChI=1S/C7H15FN2O/c1-10(2,3)6-9-7(11)4-5-8/h4-6H2,1-3H3/p+1. The van der Waals surface area contributed by atoms with Crippen molar-refractivity contribution in [1.29, 1.82) is 0 Å². The normalized spacial score (nSPS) is 11.3. The van der Waals surface area contributed by atoms with E-state index in [1.165, 1.54) is 0 Å². The van der Waals surface area contributed by atoms with E-state index < -0.39 is 6.67 Å². The smallest absolute Gasteiger partial charge is 0.226 e. The van der Waals surface area contributed by atoms with Gasteiger partial charge in [-0.3, -0.25) is 9.18 Å². The van der Waals surface area contributed by atoms with Gasteiger partial charge in [-0.05, 0) is 0 Å². The molecule has 0 aliphatic carbocycles. The number of carbonyl (C=O) groups excluding carboxylic acids is 1. The third-order valence-corrected chi connectivity index (χ3v) is 1.07. The summed E-state index contributed by atoms with van der Waals surface area (Å²) in [6, 6.07) is 0. The minimum atomic E-state index is -0.580. The second-order valence-electron chi connectivity index (χ2n) is 3.49. The van der Waals surface area contributed by atoms with Crippen LogP contribution in [0.2, 0.25) is 0 Å². The van der Waals surface area contributed by atoms with Crippen molar-refractivity contribution < 1.29 is 13.7 Å². The number of rotatable bonds is 4. The molecule has 1 amide bonds. The molecule has 3 nitrogen and oxygen atoms in total. The van der Waals surface area contributed by atoms with Crippen molar-refractivity contribution in [3.8, 4) is 0 Å². The van der Waals surface area contributed by atoms with E-state index in [9.17, 15) is 9.18 Å². The SMILES string of the molecule is C[N+](C)(C)CNC(=O)CCF. The molecule has 0 radical (unpaired) electrons. The Morgan fingerprint density at radius 2 is 2.00 bits per heavy atom. The number of nitrogens with one attached hydrogen (secondary N) is 1. The summed E-state index contributed by atoms with van der Waals surface area (Å²) in [6.07, 6.45) is -0.0278. The molecule has 1 N–H and O–H groups in total. The molecule has 4 heteroatoms. The van der Waals surface area contributed by atoms with Gasteiger partial charge in [-0.1, -0.05) is 0 Å². The van der Waals surface area contributed by atoms with E-state index in [1.807, 2.05) is 21.1 Å². The average molecular weight is 163 g/mol. The number of quaternary nitrogens is 1. The highest BCUT2D eigenvalue weighted by Crippen LogP contribution is 1.86. The van der Waals surface area contributed by atoms with E-state index in [0.717, 1.165) is 0 Å². The Morgan fingerprint density at radius 3 is 2.36 bits per heavy atom. The maximum absolute atomic E-state index is 11.6. The Labute approximate surface area is 66.8 Å². The van der Waals surface area contributed by atoms with Crippen LogP contribution in [0.5, 0.6) is 0 Å². The molecule has 0 fully saturated rings. The van der Waals surface area contributed by atoms with E-state index in [0.29, 0.717) is 11.2 Å². The Bertz CT molecular complexity index is 131. The Morgan fingerprint density at radius 1 is 1.45 bits per heavy atom. The lowest BCUT2D eigenvalue weighted by Gasteiger charge is -2.23. The monoisotopic (exact) mass is 163 g/mol. The minimum absolute atomic E-state index is 0.0278. The Kier molecular flexibility index (Phi) is 4.03. The fourth-order valence-electron chi connectivity index (χ4n) is 0.500. The fourth-order valence-corrected chi connectivity index (χ4v) is 0.500. The molecule has 0 aromatic heterocycles. The lowest BCUT2D eigenvalue weighted by Crippen LogP contribution is -2.45. The molecule has 0 bridgehead atoms. The topological polar surface area (TPSA) is 29.1 Å². The highest BCUT2D eigenvalue weighted by molar-refractivity contribution is 5.75. The number of carbonyl (C=O) groups is 1. The summed E-state index contributed by atoms with van der Waals surface area (Å²) in [7, 11) is 5.86. The van der Waals surface area contributed by atoms with Gasteiger partial charge in [0.15, 0.2) is 6.67 Å². The maximum Gasteiger partial charge on any atom is 0.226 e. The van der Waals surface area contributed by atoms with Gasteiger partial charge < -0.3 is 9.80 Å². The molecular weight excluding hydrogens is 147 g/mol. The molecule has 0 rings (SSSR count). The summed E-state index contributed by atoms with van der Waals surface area (Å²) < 4.78 is 12.2. The van der Waals surface area contributed by atoms with Crippen molar-refractivity contribution in [2.45, 2.75) is 6.42 Å². The molecule has 66 valence electrons. The molecular formula is C7H16FN2O+. The van der Waals surface area contributed by atoms with Crippen molar-refractivity contribution in [3.05, 3.63) is 0 Å². The molecule has 0 spiro atoms. The molecule has 0 saturated carbocycles. The average Bonchev–Trinajstić information content (AvgIpc) is 1.83. The van der Waals surface area contributed by atoms with Gasteiger partial charge in [0.05, 0.1) is 34.2 Å². The second kappa shape index (κ2) is 4.28. The van der Waals surface area contributed by atoms with Crippen LogP contribution < -0.4 is 5.32 Å². The lowest BCUT2D eigenvalue weighted by atomic mass is 10.4. The zero-order valence-corrected chi connectivity index (χ0v) is 7.35. The molecule has 0 aromatic rings. The van der Waals surface area contributed by atoms with E-state index in [1.54, 1.807) is 0 Å². The van der Waals surface area contributed by atoms with Crippen LogP contribution in [0.3, 0.4) is 0 Å². The van der Waals surface area contributed by atoms with Gasteiger partial charge in [-0.2, -0.15) is 0 Å². The van der Waals surface area contributed by atoms with Crippen molar-refractivity contribution >= 4 is 5.91 Å². The number of amides is 1. The first-order valence-corrected chi connectivity index (χ1v) is 3.59. The Hall–Kier alpha value is -0.640. The first-order chi connectivity index (χ1) is 4.95. The number of alkyl halides is 1. The summed E-state index contributed by atoms with van der Waals surface area (Å²) >= 11 is 0. The summed E-state index contributed by atoms with van der Waals surface area (Å²) in [6.45, 7) is -0.0399. The largest absolute Gasteiger partial charge is 0.314 e. The van der Waals surface area contributed by atoms with E-state index in [-0.39, 0.29) is 12.3 Å². The summed E-state index contributed by atoms with van der Waals surface area (Å²) in [5.74, 6) is -0.222. The van der Waals surface area contributed by atoms with Crippen LogP contribution in [0, 0.1) is 0 Å². The fraction of sp³-hybridized carbons (Fsp3) is 0.857. The predicted octanol–water partition coefficient (Wildman–Crippen LogP) is 0.126. The molecule has 0 aliphatic rings. The zero-order valence-electron chi connectivity index (χ0n) is 7.35.